The molecule has 1 aromatic carbocycles. The Kier molecular flexibility index (Phi) is 3.57. The molecule has 1 unspecified atom stereocenters. The largest absolute Gasteiger partial charge is 0.325 e. The lowest BCUT2D eigenvalue weighted by molar-refractivity contribution is 0.212. The Morgan fingerprint density at radius 3 is 2.52 bits per heavy atom. The molecule has 1 aromatic heterocycles. The number of aromatic nitrogens is 1. The fourth-order valence-corrected chi connectivity index (χ4v) is 2.51. The maximum Gasteiger partial charge on any atom is 0.325 e. The van der Waals surface area contributed by atoms with E-state index >= 15 is 0 Å². The first-order valence-corrected chi connectivity index (χ1v) is 6.81. The molecule has 0 bridgehead atoms. The van der Waals surface area contributed by atoms with Crippen LogP contribution < -0.4 is 4.90 Å². The quantitative estimate of drug-likeness (QED) is 0.809. The summed E-state index contributed by atoms with van der Waals surface area (Å²) in [5.74, 6) is 2.68. The number of carbonyl (C=O) groups excluding carboxylic acids is 1. The molecule has 1 fully saturated rings. The molecule has 0 N–H and O–H groups in total. The number of terminal acetylenes is 1. The molecule has 1 saturated heterocycles. The van der Waals surface area contributed by atoms with Crippen molar-refractivity contribution in [3.63, 3.8) is 0 Å². The summed E-state index contributed by atoms with van der Waals surface area (Å²) in [6, 6.07) is 14.7. The standard InChI is InChI=1S/C17H15N3O/c1-2-16(15-10-6-7-11-18-15)20-13-12-19(17(20)21)14-8-4-3-5-9-14/h1,3-11,16H,12-13H2. The van der Waals surface area contributed by atoms with E-state index in [9.17, 15) is 4.79 Å². The van der Waals surface area contributed by atoms with Gasteiger partial charge in [-0.3, -0.25) is 9.88 Å². The molecule has 0 saturated carbocycles. The Balaban J connectivity index is 1.85. The van der Waals surface area contributed by atoms with Crippen LogP contribution in [0, 0.1) is 12.3 Å². The number of benzene rings is 1. The number of pyridine rings is 1. The average Bonchev–Trinajstić information content (AvgIpc) is 2.92. The number of urea groups is 1. The van der Waals surface area contributed by atoms with Gasteiger partial charge in [-0.1, -0.05) is 30.2 Å². The van der Waals surface area contributed by atoms with E-state index in [2.05, 4.69) is 10.9 Å². The molecule has 21 heavy (non-hydrogen) atoms. The van der Waals surface area contributed by atoms with Gasteiger partial charge in [0.25, 0.3) is 0 Å². The van der Waals surface area contributed by atoms with Crippen LogP contribution in [0.1, 0.15) is 11.7 Å². The second-order valence-electron chi connectivity index (χ2n) is 4.79. The van der Waals surface area contributed by atoms with Crippen LogP contribution in [0.25, 0.3) is 0 Å². The van der Waals surface area contributed by atoms with Crippen LogP contribution in [0.5, 0.6) is 0 Å². The SMILES string of the molecule is C#CC(c1ccccn1)N1CCN(c2ccccc2)C1=O. The van der Waals surface area contributed by atoms with Crippen LogP contribution in [0.3, 0.4) is 0 Å². The highest BCUT2D eigenvalue weighted by Crippen LogP contribution is 2.26. The summed E-state index contributed by atoms with van der Waals surface area (Å²) in [5.41, 5.74) is 1.62. The molecule has 2 amide bonds. The second-order valence-corrected chi connectivity index (χ2v) is 4.79. The van der Waals surface area contributed by atoms with Gasteiger partial charge in [-0.15, -0.1) is 6.42 Å². The zero-order valence-corrected chi connectivity index (χ0v) is 11.5. The van der Waals surface area contributed by atoms with Crippen molar-refractivity contribution in [3.05, 3.63) is 60.4 Å². The summed E-state index contributed by atoms with van der Waals surface area (Å²) < 4.78 is 0. The Labute approximate surface area is 124 Å². The minimum Gasteiger partial charge on any atom is -0.303 e. The van der Waals surface area contributed by atoms with E-state index in [1.54, 1.807) is 16.0 Å². The molecule has 0 aliphatic carbocycles. The van der Waals surface area contributed by atoms with Gasteiger partial charge in [-0.25, -0.2) is 4.79 Å². The van der Waals surface area contributed by atoms with Crippen molar-refractivity contribution in [1.29, 1.82) is 0 Å². The number of amides is 2. The number of hydrogen-bond acceptors (Lipinski definition) is 2. The van der Waals surface area contributed by atoms with Crippen molar-refractivity contribution >= 4 is 11.7 Å². The van der Waals surface area contributed by atoms with E-state index < -0.39 is 6.04 Å². The lowest BCUT2D eigenvalue weighted by atomic mass is 10.2. The van der Waals surface area contributed by atoms with Crippen LogP contribution in [0.4, 0.5) is 10.5 Å². The average molecular weight is 277 g/mol. The molecule has 3 rings (SSSR count). The summed E-state index contributed by atoms with van der Waals surface area (Å²) >= 11 is 0. The zero-order valence-electron chi connectivity index (χ0n) is 11.5. The van der Waals surface area contributed by atoms with Crippen LogP contribution in [-0.4, -0.2) is 29.0 Å². The Hall–Kier alpha value is -2.80. The van der Waals surface area contributed by atoms with Crippen molar-refractivity contribution in [2.24, 2.45) is 0 Å². The highest BCUT2D eigenvalue weighted by atomic mass is 16.2. The molecular formula is C17H15N3O. The van der Waals surface area contributed by atoms with Crippen molar-refractivity contribution in [2.45, 2.75) is 6.04 Å². The zero-order chi connectivity index (χ0) is 14.7. The summed E-state index contributed by atoms with van der Waals surface area (Å²) in [4.78, 5) is 20.3. The van der Waals surface area contributed by atoms with Gasteiger partial charge in [0.15, 0.2) is 0 Å². The van der Waals surface area contributed by atoms with Crippen LogP contribution in [-0.2, 0) is 0 Å². The van der Waals surface area contributed by atoms with E-state index in [0.717, 1.165) is 11.4 Å². The number of anilines is 1. The third kappa shape index (κ3) is 2.46. The number of para-hydroxylation sites is 1. The summed E-state index contributed by atoms with van der Waals surface area (Å²) in [5, 5.41) is 0. The van der Waals surface area contributed by atoms with Crippen molar-refractivity contribution in [2.75, 3.05) is 18.0 Å². The first-order chi connectivity index (χ1) is 10.3. The van der Waals surface area contributed by atoms with E-state index in [1.165, 1.54) is 0 Å². The maximum atomic E-state index is 12.6. The van der Waals surface area contributed by atoms with E-state index in [-0.39, 0.29) is 6.03 Å². The van der Waals surface area contributed by atoms with Crippen LogP contribution in [0.15, 0.2) is 54.7 Å². The molecule has 2 aromatic rings. The normalized spacial score (nSPS) is 15.9. The molecule has 104 valence electrons. The molecule has 0 radical (unpaired) electrons. The van der Waals surface area contributed by atoms with E-state index in [4.69, 9.17) is 6.42 Å². The van der Waals surface area contributed by atoms with Gasteiger partial charge in [-0.2, -0.15) is 0 Å². The molecule has 4 nitrogen and oxygen atoms in total. The third-order valence-corrected chi connectivity index (χ3v) is 3.55. The van der Waals surface area contributed by atoms with Crippen LogP contribution in [0.2, 0.25) is 0 Å². The molecule has 1 aliphatic rings. The minimum atomic E-state index is -0.424. The molecule has 2 heterocycles. The van der Waals surface area contributed by atoms with Gasteiger partial charge in [0.1, 0.15) is 6.04 Å². The predicted molar refractivity (Wildman–Crippen MR) is 81.7 cm³/mol. The predicted octanol–water partition coefficient (Wildman–Crippen LogP) is 2.70. The monoisotopic (exact) mass is 277 g/mol. The number of nitrogens with zero attached hydrogens (tertiary/aromatic N) is 3. The minimum absolute atomic E-state index is 0.0743. The van der Waals surface area contributed by atoms with Gasteiger partial charge in [0, 0.05) is 25.0 Å². The first kappa shape index (κ1) is 13.2. The summed E-state index contributed by atoms with van der Waals surface area (Å²) in [7, 11) is 0. The van der Waals surface area contributed by atoms with Gasteiger partial charge < -0.3 is 4.90 Å². The molecular weight excluding hydrogens is 262 g/mol. The van der Waals surface area contributed by atoms with Gasteiger partial charge in [0.05, 0.1) is 5.69 Å². The number of hydrogen-bond donors (Lipinski definition) is 0. The van der Waals surface area contributed by atoms with Crippen LogP contribution >= 0.6 is 0 Å². The first-order valence-electron chi connectivity index (χ1n) is 6.81. The highest BCUT2D eigenvalue weighted by Gasteiger charge is 2.34. The molecule has 0 spiro atoms. The van der Waals surface area contributed by atoms with Crippen molar-refractivity contribution in [3.8, 4) is 12.3 Å². The van der Waals surface area contributed by atoms with E-state index in [1.807, 2.05) is 48.5 Å². The molecule has 1 aliphatic heterocycles. The van der Waals surface area contributed by atoms with Gasteiger partial charge >= 0.3 is 6.03 Å². The van der Waals surface area contributed by atoms with Crippen molar-refractivity contribution in [1.82, 2.24) is 9.88 Å². The Morgan fingerprint density at radius 1 is 1.10 bits per heavy atom. The second kappa shape index (κ2) is 5.68. The smallest absolute Gasteiger partial charge is 0.303 e. The van der Waals surface area contributed by atoms with Crippen molar-refractivity contribution < 1.29 is 4.79 Å². The summed E-state index contributed by atoms with van der Waals surface area (Å²) in [6.45, 7) is 1.23. The Morgan fingerprint density at radius 2 is 1.86 bits per heavy atom. The third-order valence-electron chi connectivity index (χ3n) is 3.55. The van der Waals surface area contributed by atoms with E-state index in [0.29, 0.717) is 13.1 Å². The maximum absolute atomic E-state index is 12.6. The highest BCUT2D eigenvalue weighted by molar-refractivity contribution is 5.94. The lowest BCUT2D eigenvalue weighted by Gasteiger charge is -2.23. The fraction of sp³-hybridized carbons (Fsp3) is 0.176. The molecule has 1 atom stereocenters. The topological polar surface area (TPSA) is 36.4 Å². The number of rotatable bonds is 3. The lowest BCUT2D eigenvalue weighted by Crippen LogP contribution is -2.34. The number of carbonyl (C=O) groups is 1. The Bertz CT molecular complexity index is 663. The molecule has 4 heteroatoms. The summed E-state index contributed by atoms with van der Waals surface area (Å²) in [6.07, 6.45) is 7.32. The van der Waals surface area contributed by atoms with Gasteiger partial charge in [-0.05, 0) is 24.3 Å². The van der Waals surface area contributed by atoms with Gasteiger partial charge in [0.2, 0.25) is 0 Å². The fourth-order valence-electron chi connectivity index (χ4n) is 2.51.